The van der Waals surface area contributed by atoms with Crippen molar-refractivity contribution < 1.29 is 13.2 Å². The molecule has 1 aliphatic rings. The van der Waals surface area contributed by atoms with E-state index >= 15 is 0 Å². The molecule has 1 aromatic heterocycles. The third-order valence-electron chi connectivity index (χ3n) is 5.19. The second-order valence-electron chi connectivity index (χ2n) is 7.23. The topological polar surface area (TPSA) is 97.2 Å². The van der Waals surface area contributed by atoms with Crippen molar-refractivity contribution in [3.8, 4) is 5.69 Å². The first kappa shape index (κ1) is 20.2. The van der Waals surface area contributed by atoms with Gasteiger partial charge in [-0.15, -0.1) is 0 Å². The minimum absolute atomic E-state index is 0.0767. The van der Waals surface area contributed by atoms with Crippen LogP contribution in [0.2, 0.25) is 0 Å². The molecule has 156 valence electrons. The molecule has 30 heavy (non-hydrogen) atoms. The summed E-state index contributed by atoms with van der Waals surface area (Å²) in [6.45, 7) is 1.08. The summed E-state index contributed by atoms with van der Waals surface area (Å²) >= 11 is 0. The lowest BCUT2D eigenvalue weighted by atomic mass is 10.0. The highest BCUT2D eigenvalue weighted by atomic mass is 32.2. The number of carbonyl (C=O) groups is 1. The highest BCUT2D eigenvalue weighted by molar-refractivity contribution is 7.91. The van der Waals surface area contributed by atoms with Gasteiger partial charge in [-0.3, -0.25) is 9.69 Å². The standard InChI is InChI=1S/C21H23N5O3S/c27-21(23-14-17-6-8-19(9-7-17)26-16-22-15-24-26)20(18-4-2-1-3-5-18)25-10-12-30(28,29)13-11-25/h1-9,15-16,20H,10-14H2,(H,23,27). The third-order valence-corrected chi connectivity index (χ3v) is 6.80. The number of aromatic nitrogens is 3. The molecule has 4 rings (SSSR count). The summed E-state index contributed by atoms with van der Waals surface area (Å²) < 4.78 is 25.3. The Balaban J connectivity index is 1.45. The van der Waals surface area contributed by atoms with Crippen LogP contribution in [0.1, 0.15) is 17.2 Å². The molecule has 2 heterocycles. The lowest BCUT2D eigenvalue weighted by Crippen LogP contribution is -2.47. The van der Waals surface area contributed by atoms with Gasteiger partial charge in [0.1, 0.15) is 18.7 Å². The minimum atomic E-state index is -3.02. The van der Waals surface area contributed by atoms with Gasteiger partial charge in [-0.05, 0) is 23.3 Å². The summed E-state index contributed by atoms with van der Waals surface area (Å²) in [5, 5.41) is 7.10. The number of sulfone groups is 1. The van der Waals surface area contributed by atoms with Crippen molar-refractivity contribution in [2.24, 2.45) is 0 Å². The molecule has 0 saturated carbocycles. The van der Waals surface area contributed by atoms with Crippen LogP contribution < -0.4 is 5.32 Å². The molecule has 9 heteroatoms. The van der Waals surface area contributed by atoms with Crippen molar-refractivity contribution >= 4 is 15.7 Å². The highest BCUT2D eigenvalue weighted by Gasteiger charge is 2.32. The van der Waals surface area contributed by atoms with Crippen molar-refractivity contribution in [1.29, 1.82) is 0 Å². The fraction of sp³-hybridized carbons (Fsp3) is 0.286. The van der Waals surface area contributed by atoms with E-state index in [1.165, 1.54) is 6.33 Å². The van der Waals surface area contributed by atoms with Gasteiger partial charge in [0, 0.05) is 19.6 Å². The zero-order valence-corrected chi connectivity index (χ0v) is 17.2. The number of benzene rings is 2. The number of hydrogen-bond donors (Lipinski definition) is 1. The van der Waals surface area contributed by atoms with E-state index in [0.717, 1.165) is 16.8 Å². The number of carbonyl (C=O) groups excluding carboxylic acids is 1. The Morgan fingerprint density at radius 1 is 1.03 bits per heavy atom. The second kappa shape index (κ2) is 8.76. The molecule has 8 nitrogen and oxygen atoms in total. The SMILES string of the molecule is O=C(NCc1ccc(-n2cncn2)cc1)C(c1ccccc1)N1CCS(=O)(=O)CC1. The zero-order valence-electron chi connectivity index (χ0n) is 16.4. The van der Waals surface area contributed by atoms with E-state index in [0.29, 0.717) is 19.6 Å². The molecule has 1 aliphatic heterocycles. The molecule has 2 aromatic carbocycles. The molecule has 1 saturated heterocycles. The molecule has 0 radical (unpaired) electrons. The molecule has 1 N–H and O–H groups in total. The Hall–Kier alpha value is -3.04. The van der Waals surface area contributed by atoms with E-state index in [1.54, 1.807) is 11.0 Å². The van der Waals surface area contributed by atoms with E-state index in [4.69, 9.17) is 0 Å². The molecule has 1 atom stereocenters. The van der Waals surface area contributed by atoms with E-state index < -0.39 is 15.9 Å². The average molecular weight is 426 g/mol. The third kappa shape index (κ3) is 4.74. The summed E-state index contributed by atoms with van der Waals surface area (Å²) in [6, 6.07) is 16.7. The molecule has 0 bridgehead atoms. The van der Waals surface area contributed by atoms with Crippen LogP contribution in [0.3, 0.4) is 0 Å². The van der Waals surface area contributed by atoms with Gasteiger partial charge in [-0.25, -0.2) is 18.1 Å². The number of nitrogens with one attached hydrogen (secondary N) is 1. The molecular formula is C21H23N5O3S. The Labute approximate surface area is 175 Å². The van der Waals surface area contributed by atoms with Gasteiger partial charge < -0.3 is 5.32 Å². The van der Waals surface area contributed by atoms with Crippen LogP contribution in [0, 0.1) is 0 Å². The number of nitrogens with zero attached hydrogens (tertiary/aromatic N) is 4. The van der Waals surface area contributed by atoms with Gasteiger partial charge in [-0.1, -0.05) is 42.5 Å². The normalized spacial score (nSPS) is 17.3. The lowest BCUT2D eigenvalue weighted by Gasteiger charge is -2.33. The van der Waals surface area contributed by atoms with Crippen LogP contribution in [0.5, 0.6) is 0 Å². The Morgan fingerprint density at radius 2 is 1.73 bits per heavy atom. The van der Waals surface area contributed by atoms with Crippen molar-refractivity contribution in [3.63, 3.8) is 0 Å². The number of amides is 1. The van der Waals surface area contributed by atoms with Gasteiger partial charge in [0.15, 0.2) is 9.84 Å². The molecule has 0 aliphatic carbocycles. The van der Waals surface area contributed by atoms with E-state index in [9.17, 15) is 13.2 Å². The summed E-state index contributed by atoms with van der Waals surface area (Å²) in [4.78, 5) is 19.0. The molecule has 0 spiro atoms. The van der Waals surface area contributed by atoms with E-state index in [2.05, 4.69) is 15.4 Å². The van der Waals surface area contributed by atoms with Crippen LogP contribution in [-0.2, 0) is 21.2 Å². The van der Waals surface area contributed by atoms with Crippen LogP contribution in [-0.4, -0.2) is 58.6 Å². The van der Waals surface area contributed by atoms with Crippen molar-refractivity contribution in [2.45, 2.75) is 12.6 Å². The fourth-order valence-electron chi connectivity index (χ4n) is 3.54. The molecule has 1 amide bonds. The van der Waals surface area contributed by atoms with Gasteiger partial charge in [-0.2, -0.15) is 5.10 Å². The highest BCUT2D eigenvalue weighted by Crippen LogP contribution is 2.23. The van der Waals surface area contributed by atoms with Gasteiger partial charge in [0.25, 0.3) is 0 Å². The predicted octanol–water partition coefficient (Wildman–Crippen LogP) is 1.36. The van der Waals surface area contributed by atoms with Crippen molar-refractivity contribution in [1.82, 2.24) is 25.0 Å². The van der Waals surface area contributed by atoms with Gasteiger partial charge in [0.05, 0.1) is 17.2 Å². The largest absolute Gasteiger partial charge is 0.350 e. The number of rotatable bonds is 6. The smallest absolute Gasteiger partial charge is 0.242 e. The Bertz CT molecular complexity index is 1070. The predicted molar refractivity (Wildman–Crippen MR) is 113 cm³/mol. The van der Waals surface area contributed by atoms with E-state index in [1.807, 2.05) is 59.5 Å². The van der Waals surface area contributed by atoms with Crippen LogP contribution in [0.4, 0.5) is 0 Å². The first-order valence-corrected chi connectivity index (χ1v) is 11.5. The summed E-state index contributed by atoms with van der Waals surface area (Å²) in [7, 11) is -3.02. The maximum Gasteiger partial charge on any atom is 0.242 e. The molecule has 3 aromatic rings. The maximum atomic E-state index is 13.1. The number of hydrogen-bond acceptors (Lipinski definition) is 6. The zero-order chi connectivity index (χ0) is 21.0. The van der Waals surface area contributed by atoms with Crippen LogP contribution in [0.25, 0.3) is 5.69 Å². The second-order valence-corrected chi connectivity index (χ2v) is 9.53. The van der Waals surface area contributed by atoms with Crippen LogP contribution >= 0.6 is 0 Å². The Kier molecular flexibility index (Phi) is 5.91. The minimum Gasteiger partial charge on any atom is -0.350 e. The lowest BCUT2D eigenvalue weighted by molar-refractivity contribution is -0.126. The average Bonchev–Trinajstić information content (AvgIpc) is 3.30. The van der Waals surface area contributed by atoms with Crippen molar-refractivity contribution in [2.75, 3.05) is 24.6 Å². The van der Waals surface area contributed by atoms with Crippen molar-refractivity contribution in [3.05, 3.63) is 78.4 Å². The van der Waals surface area contributed by atoms with Crippen LogP contribution in [0.15, 0.2) is 67.3 Å². The molecule has 1 unspecified atom stereocenters. The molecule has 1 fully saturated rings. The van der Waals surface area contributed by atoms with Gasteiger partial charge in [0.2, 0.25) is 5.91 Å². The van der Waals surface area contributed by atoms with Gasteiger partial charge >= 0.3 is 0 Å². The summed E-state index contributed by atoms with van der Waals surface area (Å²) in [6.07, 6.45) is 3.10. The van der Waals surface area contributed by atoms with E-state index in [-0.39, 0.29) is 17.4 Å². The molecular weight excluding hydrogens is 402 g/mol. The monoisotopic (exact) mass is 425 g/mol. The summed E-state index contributed by atoms with van der Waals surface area (Å²) in [5.74, 6) is 0.0154. The Morgan fingerprint density at radius 3 is 2.37 bits per heavy atom. The fourth-order valence-corrected chi connectivity index (χ4v) is 4.77. The quantitative estimate of drug-likeness (QED) is 0.640. The summed E-state index contributed by atoms with van der Waals surface area (Å²) in [5.41, 5.74) is 2.70. The first-order chi connectivity index (χ1) is 14.5. The first-order valence-electron chi connectivity index (χ1n) is 9.73. The maximum absolute atomic E-state index is 13.1.